The predicted octanol–water partition coefficient (Wildman–Crippen LogP) is 1.79. The van der Waals surface area contributed by atoms with E-state index in [1.54, 1.807) is 30.3 Å². The Hall–Kier alpha value is -2.30. The molecule has 1 heterocycles. The molecule has 18 heavy (non-hydrogen) atoms. The molecule has 0 atom stereocenters. The number of benzene rings is 1. The number of carbonyl (C=O) groups excluding carboxylic acids is 2. The molecule has 5 nitrogen and oxygen atoms in total. The summed E-state index contributed by atoms with van der Waals surface area (Å²) in [4.78, 5) is 23.4. The number of aliphatic hydroxyl groups is 1. The Labute approximate surface area is 104 Å². The van der Waals surface area contributed by atoms with Crippen LogP contribution >= 0.6 is 0 Å². The van der Waals surface area contributed by atoms with E-state index in [2.05, 4.69) is 0 Å². The van der Waals surface area contributed by atoms with Crippen LogP contribution in [-0.4, -0.2) is 22.8 Å². The number of carbonyl (C=O) groups is 2. The molecule has 1 aromatic rings. The lowest BCUT2D eigenvalue weighted by Crippen LogP contribution is -2.42. The van der Waals surface area contributed by atoms with E-state index in [9.17, 15) is 14.7 Å². The molecule has 0 saturated carbocycles. The first-order chi connectivity index (χ1) is 8.41. The topological polar surface area (TPSA) is 72.8 Å². The SMILES string of the molecule is CC1(C)OC(=O)C(=C(O)c2ccccc2)C(=O)O1. The van der Waals surface area contributed by atoms with Crippen LogP contribution in [0.25, 0.3) is 5.76 Å². The minimum atomic E-state index is -1.31. The summed E-state index contributed by atoms with van der Waals surface area (Å²) < 4.78 is 9.80. The summed E-state index contributed by atoms with van der Waals surface area (Å²) in [5.74, 6) is -3.54. The Bertz CT molecular complexity index is 506. The molecule has 0 spiro atoms. The third kappa shape index (κ3) is 2.20. The van der Waals surface area contributed by atoms with Crippen LogP contribution in [0.15, 0.2) is 35.9 Å². The molecule has 1 saturated heterocycles. The van der Waals surface area contributed by atoms with Crippen LogP contribution in [0.2, 0.25) is 0 Å². The highest BCUT2D eigenvalue weighted by molar-refractivity contribution is 6.20. The molecule has 0 aliphatic carbocycles. The second-order valence-electron chi connectivity index (χ2n) is 4.27. The van der Waals surface area contributed by atoms with Gasteiger partial charge in [-0.1, -0.05) is 30.3 Å². The van der Waals surface area contributed by atoms with Crippen LogP contribution in [0.1, 0.15) is 19.4 Å². The van der Waals surface area contributed by atoms with Crippen LogP contribution in [0.3, 0.4) is 0 Å². The maximum Gasteiger partial charge on any atom is 0.352 e. The third-order valence-electron chi connectivity index (χ3n) is 2.37. The first kappa shape index (κ1) is 12.2. The lowest BCUT2D eigenvalue weighted by molar-refractivity contribution is -0.222. The average molecular weight is 248 g/mol. The summed E-state index contributed by atoms with van der Waals surface area (Å²) in [5, 5.41) is 9.93. The molecule has 1 fully saturated rings. The standard InChI is InChI=1S/C13H12O5/c1-13(2)17-11(15)9(12(16)18-13)10(14)8-6-4-3-5-7-8/h3-7,14H,1-2H3. The van der Waals surface area contributed by atoms with Gasteiger partial charge >= 0.3 is 11.9 Å². The zero-order valence-corrected chi connectivity index (χ0v) is 9.97. The van der Waals surface area contributed by atoms with Crippen molar-refractivity contribution in [2.45, 2.75) is 19.6 Å². The summed E-state index contributed by atoms with van der Waals surface area (Å²) in [5.41, 5.74) is -0.137. The van der Waals surface area contributed by atoms with Gasteiger partial charge in [0.15, 0.2) is 5.57 Å². The largest absolute Gasteiger partial charge is 0.506 e. The van der Waals surface area contributed by atoms with Gasteiger partial charge in [-0.3, -0.25) is 0 Å². The number of hydrogen-bond acceptors (Lipinski definition) is 5. The molecule has 1 N–H and O–H groups in total. The Morgan fingerprint density at radius 2 is 1.56 bits per heavy atom. The van der Waals surface area contributed by atoms with Crippen LogP contribution in [-0.2, 0) is 19.1 Å². The molecular weight excluding hydrogens is 236 g/mol. The number of cyclic esters (lactones) is 2. The molecule has 2 rings (SSSR count). The number of rotatable bonds is 1. The fourth-order valence-electron chi connectivity index (χ4n) is 1.59. The monoisotopic (exact) mass is 248 g/mol. The van der Waals surface area contributed by atoms with Crippen molar-refractivity contribution in [1.29, 1.82) is 0 Å². The van der Waals surface area contributed by atoms with E-state index < -0.39 is 29.1 Å². The van der Waals surface area contributed by atoms with Gasteiger partial charge in [0.1, 0.15) is 5.76 Å². The van der Waals surface area contributed by atoms with Crippen molar-refractivity contribution in [3.8, 4) is 0 Å². The molecule has 0 amide bonds. The number of ether oxygens (including phenoxy) is 2. The highest BCUT2D eigenvalue weighted by Crippen LogP contribution is 2.27. The fourth-order valence-corrected chi connectivity index (χ4v) is 1.59. The van der Waals surface area contributed by atoms with Crippen LogP contribution < -0.4 is 0 Å². The van der Waals surface area contributed by atoms with E-state index in [-0.39, 0.29) is 0 Å². The molecule has 1 aliphatic heterocycles. The molecular formula is C13H12O5. The van der Waals surface area contributed by atoms with E-state index >= 15 is 0 Å². The van der Waals surface area contributed by atoms with E-state index in [4.69, 9.17) is 9.47 Å². The Morgan fingerprint density at radius 1 is 1.06 bits per heavy atom. The van der Waals surface area contributed by atoms with Crippen molar-refractivity contribution < 1.29 is 24.2 Å². The first-order valence-corrected chi connectivity index (χ1v) is 5.36. The van der Waals surface area contributed by atoms with Crippen LogP contribution in [0.4, 0.5) is 0 Å². The number of esters is 2. The van der Waals surface area contributed by atoms with Crippen molar-refractivity contribution in [3.63, 3.8) is 0 Å². The summed E-state index contributed by atoms with van der Waals surface area (Å²) in [6, 6.07) is 8.25. The smallest absolute Gasteiger partial charge is 0.352 e. The lowest BCUT2D eigenvalue weighted by atomic mass is 10.1. The second kappa shape index (κ2) is 4.18. The van der Waals surface area contributed by atoms with E-state index in [1.807, 2.05) is 0 Å². The molecule has 5 heteroatoms. The average Bonchev–Trinajstić information content (AvgIpc) is 2.27. The number of aliphatic hydroxyl groups excluding tert-OH is 1. The molecule has 0 radical (unpaired) electrons. The van der Waals surface area contributed by atoms with E-state index in [0.29, 0.717) is 5.56 Å². The zero-order valence-electron chi connectivity index (χ0n) is 9.97. The van der Waals surface area contributed by atoms with Gasteiger partial charge in [-0.15, -0.1) is 0 Å². The van der Waals surface area contributed by atoms with Crippen LogP contribution in [0, 0.1) is 0 Å². The Kier molecular flexibility index (Phi) is 2.82. The molecule has 94 valence electrons. The molecule has 0 bridgehead atoms. The fraction of sp³-hybridized carbons (Fsp3) is 0.231. The Balaban J connectivity index is 2.44. The maximum absolute atomic E-state index is 11.7. The molecule has 0 aromatic heterocycles. The van der Waals surface area contributed by atoms with Crippen molar-refractivity contribution in [2.24, 2.45) is 0 Å². The van der Waals surface area contributed by atoms with Crippen molar-refractivity contribution in [2.75, 3.05) is 0 Å². The highest BCUT2D eigenvalue weighted by atomic mass is 16.7. The van der Waals surface area contributed by atoms with E-state index in [0.717, 1.165) is 0 Å². The summed E-state index contributed by atoms with van der Waals surface area (Å²) in [6.45, 7) is 2.89. The first-order valence-electron chi connectivity index (χ1n) is 5.36. The maximum atomic E-state index is 11.7. The van der Waals surface area contributed by atoms with Crippen LogP contribution in [0.5, 0.6) is 0 Å². The van der Waals surface area contributed by atoms with Gasteiger partial charge in [0.05, 0.1) is 0 Å². The van der Waals surface area contributed by atoms with Crippen molar-refractivity contribution in [1.82, 2.24) is 0 Å². The van der Waals surface area contributed by atoms with Gasteiger partial charge in [0, 0.05) is 19.4 Å². The zero-order chi connectivity index (χ0) is 13.3. The predicted molar refractivity (Wildman–Crippen MR) is 62.3 cm³/mol. The van der Waals surface area contributed by atoms with Crippen molar-refractivity contribution >= 4 is 17.7 Å². The summed E-state index contributed by atoms with van der Waals surface area (Å²) >= 11 is 0. The van der Waals surface area contributed by atoms with Gasteiger partial charge < -0.3 is 14.6 Å². The Morgan fingerprint density at radius 3 is 2.06 bits per heavy atom. The van der Waals surface area contributed by atoms with Gasteiger partial charge in [-0.05, 0) is 0 Å². The molecule has 1 aromatic carbocycles. The molecule has 0 unspecified atom stereocenters. The van der Waals surface area contributed by atoms with E-state index in [1.165, 1.54) is 13.8 Å². The minimum absolute atomic E-state index is 0.348. The lowest BCUT2D eigenvalue weighted by Gasteiger charge is -2.30. The van der Waals surface area contributed by atoms with Gasteiger partial charge in [-0.25, -0.2) is 9.59 Å². The minimum Gasteiger partial charge on any atom is -0.506 e. The molecule has 1 aliphatic rings. The van der Waals surface area contributed by atoms with Gasteiger partial charge in [-0.2, -0.15) is 0 Å². The third-order valence-corrected chi connectivity index (χ3v) is 2.37. The second-order valence-corrected chi connectivity index (χ2v) is 4.27. The quantitative estimate of drug-likeness (QED) is 0.355. The normalized spacial score (nSPS) is 18.0. The van der Waals surface area contributed by atoms with Gasteiger partial charge in [0.25, 0.3) is 5.79 Å². The van der Waals surface area contributed by atoms with Crippen molar-refractivity contribution in [3.05, 3.63) is 41.5 Å². The summed E-state index contributed by atoms with van der Waals surface area (Å²) in [7, 11) is 0. The van der Waals surface area contributed by atoms with Gasteiger partial charge in [0.2, 0.25) is 0 Å². The summed E-state index contributed by atoms with van der Waals surface area (Å²) in [6.07, 6.45) is 0. The highest BCUT2D eigenvalue weighted by Gasteiger charge is 2.41. The number of hydrogen-bond donors (Lipinski definition) is 1.